The fourth-order valence-electron chi connectivity index (χ4n) is 3.20. The highest BCUT2D eigenvalue weighted by Gasteiger charge is 2.45. The summed E-state index contributed by atoms with van der Waals surface area (Å²) in [5.74, 6) is 0.810. The van der Waals surface area contributed by atoms with Crippen molar-refractivity contribution in [1.29, 1.82) is 0 Å². The maximum Gasteiger partial charge on any atom is 0.137 e. The van der Waals surface area contributed by atoms with Crippen LogP contribution < -0.4 is 15.8 Å². The Labute approximate surface area is 114 Å². The molecule has 100 valence electrons. The molecule has 0 bridgehead atoms. The van der Waals surface area contributed by atoms with Gasteiger partial charge in [-0.15, -0.1) is 12.4 Å². The SMILES string of the molecule is COc1cnc2c(c1)[C@@H](N)C1(CCNCC1)C2.Cl. The Hall–Kier alpha value is -0.840. The number of nitrogens with two attached hydrogens (primary N) is 1. The van der Waals surface area contributed by atoms with Gasteiger partial charge in [0.25, 0.3) is 0 Å². The van der Waals surface area contributed by atoms with E-state index >= 15 is 0 Å². The number of methoxy groups -OCH3 is 1. The first kappa shape index (κ1) is 13.6. The molecule has 1 aliphatic carbocycles. The van der Waals surface area contributed by atoms with Gasteiger partial charge in [-0.05, 0) is 49.4 Å². The van der Waals surface area contributed by atoms with Crippen molar-refractivity contribution in [2.75, 3.05) is 20.2 Å². The van der Waals surface area contributed by atoms with E-state index < -0.39 is 0 Å². The second-order valence-corrected chi connectivity index (χ2v) is 5.18. The van der Waals surface area contributed by atoms with E-state index in [1.807, 2.05) is 0 Å². The lowest BCUT2D eigenvalue weighted by Crippen LogP contribution is -2.42. The van der Waals surface area contributed by atoms with E-state index in [0.29, 0.717) is 0 Å². The molecule has 18 heavy (non-hydrogen) atoms. The third-order valence-corrected chi connectivity index (χ3v) is 4.33. The highest BCUT2D eigenvalue weighted by Crippen LogP contribution is 2.49. The van der Waals surface area contributed by atoms with Crippen LogP contribution in [0.15, 0.2) is 12.3 Å². The molecule has 1 aliphatic heterocycles. The second kappa shape index (κ2) is 5.03. The Kier molecular flexibility index (Phi) is 3.80. The van der Waals surface area contributed by atoms with Gasteiger partial charge in [0.15, 0.2) is 0 Å². The van der Waals surface area contributed by atoms with E-state index in [-0.39, 0.29) is 23.9 Å². The number of nitrogens with zero attached hydrogens (tertiary/aromatic N) is 1. The Balaban J connectivity index is 0.00000120. The number of aromatic nitrogens is 1. The van der Waals surface area contributed by atoms with E-state index in [9.17, 15) is 0 Å². The van der Waals surface area contributed by atoms with Crippen LogP contribution in [-0.2, 0) is 6.42 Å². The molecule has 3 N–H and O–H groups in total. The minimum absolute atomic E-state index is 0. The molecule has 2 heterocycles. The number of hydrogen-bond acceptors (Lipinski definition) is 4. The number of hydrogen-bond donors (Lipinski definition) is 2. The summed E-state index contributed by atoms with van der Waals surface area (Å²) in [6.45, 7) is 2.14. The maximum atomic E-state index is 6.46. The molecule has 0 aromatic carbocycles. The molecular formula is C13H20ClN3O. The largest absolute Gasteiger partial charge is 0.495 e. The van der Waals surface area contributed by atoms with Gasteiger partial charge in [-0.3, -0.25) is 4.98 Å². The van der Waals surface area contributed by atoms with Crippen molar-refractivity contribution in [3.8, 4) is 5.75 Å². The zero-order chi connectivity index (χ0) is 11.9. The van der Waals surface area contributed by atoms with Crippen molar-refractivity contribution in [3.05, 3.63) is 23.5 Å². The standard InChI is InChI=1S/C13H19N3O.ClH/c1-17-9-6-10-11(16-8-9)7-13(12(10)14)2-4-15-5-3-13;/h6,8,12,15H,2-5,7,14H2,1H3;1H/t12-;/m1./s1. The highest BCUT2D eigenvalue weighted by molar-refractivity contribution is 5.85. The highest BCUT2D eigenvalue weighted by atomic mass is 35.5. The van der Waals surface area contributed by atoms with E-state index in [0.717, 1.165) is 38.1 Å². The lowest BCUT2D eigenvalue weighted by molar-refractivity contribution is 0.173. The van der Waals surface area contributed by atoms with Gasteiger partial charge in [0.2, 0.25) is 0 Å². The lowest BCUT2D eigenvalue weighted by atomic mass is 9.74. The first-order chi connectivity index (χ1) is 8.25. The number of ether oxygens (including phenoxy) is 1. The van der Waals surface area contributed by atoms with Crippen LogP contribution in [0.5, 0.6) is 5.75 Å². The smallest absolute Gasteiger partial charge is 0.137 e. The summed E-state index contributed by atoms with van der Waals surface area (Å²) in [6.07, 6.45) is 5.11. The normalized spacial score (nSPS) is 24.4. The number of pyridine rings is 1. The molecule has 1 atom stereocenters. The van der Waals surface area contributed by atoms with E-state index in [2.05, 4.69) is 16.4 Å². The molecule has 0 radical (unpaired) electrons. The summed E-state index contributed by atoms with van der Waals surface area (Å²) in [7, 11) is 1.67. The lowest BCUT2D eigenvalue weighted by Gasteiger charge is -2.37. The van der Waals surface area contributed by atoms with Gasteiger partial charge >= 0.3 is 0 Å². The fourth-order valence-corrected chi connectivity index (χ4v) is 3.20. The number of nitrogens with one attached hydrogen (secondary N) is 1. The second-order valence-electron chi connectivity index (χ2n) is 5.18. The summed E-state index contributed by atoms with van der Waals surface area (Å²) in [5.41, 5.74) is 9.04. The minimum Gasteiger partial charge on any atom is -0.495 e. The molecular weight excluding hydrogens is 250 g/mol. The monoisotopic (exact) mass is 269 g/mol. The number of rotatable bonds is 1. The van der Waals surface area contributed by atoms with Crippen LogP contribution in [0.3, 0.4) is 0 Å². The third kappa shape index (κ3) is 1.98. The van der Waals surface area contributed by atoms with Crippen LogP contribution in [-0.4, -0.2) is 25.2 Å². The van der Waals surface area contributed by atoms with E-state index in [1.165, 1.54) is 11.3 Å². The molecule has 4 nitrogen and oxygen atoms in total. The Morgan fingerprint density at radius 2 is 2.17 bits per heavy atom. The number of piperidine rings is 1. The quantitative estimate of drug-likeness (QED) is 0.810. The zero-order valence-corrected chi connectivity index (χ0v) is 11.4. The van der Waals surface area contributed by atoms with Crippen LogP contribution >= 0.6 is 12.4 Å². The van der Waals surface area contributed by atoms with Gasteiger partial charge in [-0.2, -0.15) is 0 Å². The summed E-state index contributed by atoms with van der Waals surface area (Å²) in [4.78, 5) is 4.50. The van der Waals surface area contributed by atoms with E-state index in [4.69, 9.17) is 10.5 Å². The van der Waals surface area contributed by atoms with Crippen molar-refractivity contribution >= 4 is 12.4 Å². The van der Waals surface area contributed by atoms with Crippen LogP contribution in [0.4, 0.5) is 0 Å². The average Bonchev–Trinajstić information content (AvgIpc) is 2.63. The molecule has 1 fully saturated rings. The Morgan fingerprint density at radius 3 is 2.83 bits per heavy atom. The van der Waals surface area contributed by atoms with Crippen molar-refractivity contribution in [2.45, 2.75) is 25.3 Å². The summed E-state index contributed by atoms with van der Waals surface area (Å²) in [6, 6.07) is 2.17. The minimum atomic E-state index is 0. The molecule has 1 spiro atoms. The van der Waals surface area contributed by atoms with Gasteiger partial charge < -0.3 is 15.8 Å². The molecule has 3 rings (SSSR count). The Bertz CT molecular complexity index is 432. The first-order valence-corrected chi connectivity index (χ1v) is 6.24. The van der Waals surface area contributed by atoms with Crippen molar-refractivity contribution in [1.82, 2.24) is 10.3 Å². The molecule has 1 saturated heterocycles. The first-order valence-electron chi connectivity index (χ1n) is 6.24. The van der Waals surface area contributed by atoms with Gasteiger partial charge in [-0.25, -0.2) is 0 Å². The van der Waals surface area contributed by atoms with Gasteiger partial charge in [0, 0.05) is 11.7 Å². The molecule has 1 aromatic heterocycles. The molecule has 1 aromatic rings. The van der Waals surface area contributed by atoms with Crippen LogP contribution in [0, 0.1) is 5.41 Å². The molecule has 5 heteroatoms. The van der Waals surface area contributed by atoms with Crippen molar-refractivity contribution in [3.63, 3.8) is 0 Å². The predicted octanol–water partition coefficient (Wildman–Crippen LogP) is 1.44. The molecule has 0 amide bonds. The third-order valence-electron chi connectivity index (χ3n) is 4.33. The van der Waals surface area contributed by atoms with Crippen LogP contribution in [0.1, 0.15) is 30.1 Å². The average molecular weight is 270 g/mol. The predicted molar refractivity (Wildman–Crippen MR) is 73.2 cm³/mol. The van der Waals surface area contributed by atoms with Crippen molar-refractivity contribution in [2.24, 2.45) is 11.1 Å². The maximum absolute atomic E-state index is 6.46. The van der Waals surface area contributed by atoms with Gasteiger partial charge in [0.1, 0.15) is 5.75 Å². The molecule has 2 aliphatic rings. The molecule has 0 saturated carbocycles. The summed E-state index contributed by atoms with van der Waals surface area (Å²) >= 11 is 0. The summed E-state index contributed by atoms with van der Waals surface area (Å²) < 4.78 is 5.23. The number of halogens is 1. The Morgan fingerprint density at radius 1 is 1.44 bits per heavy atom. The summed E-state index contributed by atoms with van der Waals surface area (Å²) in [5, 5.41) is 3.41. The van der Waals surface area contributed by atoms with Crippen molar-refractivity contribution < 1.29 is 4.74 Å². The fraction of sp³-hybridized carbons (Fsp3) is 0.615. The topological polar surface area (TPSA) is 60.2 Å². The zero-order valence-electron chi connectivity index (χ0n) is 10.6. The van der Waals surface area contributed by atoms with Crippen LogP contribution in [0.2, 0.25) is 0 Å². The van der Waals surface area contributed by atoms with E-state index in [1.54, 1.807) is 13.3 Å². The molecule has 0 unspecified atom stereocenters. The number of fused-ring (bicyclic) bond motifs is 1. The van der Waals surface area contributed by atoms with Gasteiger partial charge in [-0.1, -0.05) is 0 Å². The van der Waals surface area contributed by atoms with Gasteiger partial charge in [0.05, 0.1) is 13.3 Å². The van der Waals surface area contributed by atoms with Crippen LogP contribution in [0.25, 0.3) is 0 Å².